The van der Waals surface area contributed by atoms with Crippen LogP contribution in [-0.4, -0.2) is 17.1 Å². The van der Waals surface area contributed by atoms with Crippen LogP contribution in [0.4, 0.5) is 4.79 Å². The minimum absolute atomic E-state index is 0.0108. The van der Waals surface area contributed by atoms with E-state index in [9.17, 15) is 4.79 Å². The molecule has 0 spiro atoms. The van der Waals surface area contributed by atoms with E-state index in [1.807, 2.05) is 19.1 Å². The monoisotopic (exact) mass is 178 g/mol. The third-order valence-corrected chi connectivity index (χ3v) is 2.05. The zero-order valence-corrected chi connectivity index (χ0v) is 7.23. The van der Waals surface area contributed by atoms with Gasteiger partial charge in [0.2, 0.25) is 0 Å². The van der Waals surface area contributed by atoms with E-state index in [4.69, 9.17) is 4.74 Å². The Morgan fingerprint density at radius 1 is 1.62 bits per heavy atom. The Bertz CT molecular complexity index is 313. The summed E-state index contributed by atoms with van der Waals surface area (Å²) in [7, 11) is 0. The van der Waals surface area contributed by atoms with Gasteiger partial charge in [0.1, 0.15) is 0 Å². The second-order valence-electron chi connectivity index (χ2n) is 3.05. The van der Waals surface area contributed by atoms with Crippen molar-refractivity contribution in [3.8, 4) is 0 Å². The zero-order valence-electron chi connectivity index (χ0n) is 7.23. The molecule has 4 heteroatoms. The number of amides is 1. The van der Waals surface area contributed by atoms with E-state index in [2.05, 4.69) is 10.3 Å². The minimum Gasteiger partial charge on any atom is -0.439 e. The number of carbonyl (C=O) groups is 1. The van der Waals surface area contributed by atoms with Gasteiger partial charge >= 0.3 is 6.09 Å². The molecular weight excluding hydrogens is 168 g/mol. The van der Waals surface area contributed by atoms with Gasteiger partial charge in [-0.25, -0.2) is 4.79 Å². The van der Waals surface area contributed by atoms with Crippen LogP contribution in [0.15, 0.2) is 24.5 Å². The van der Waals surface area contributed by atoms with Crippen LogP contribution in [0.3, 0.4) is 0 Å². The standard InChI is InChI=1S/C9H10N2O2/c1-6-8(13-9(12)11-6)7-3-2-4-10-5-7/h2-6,8H,1H3,(H,11,12)/t6-,8-/m0/s1. The summed E-state index contributed by atoms with van der Waals surface area (Å²) in [4.78, 5) is 14.9. The molecule has 1 aromatic heterocycles. The molecule has 0 aromatic carbocycles. The van der Waals surface area contributed by atoms with Gasteiger partial charge in [-0.3, -0.25) is 4.98 Å². The Balaban J connectivity index is 2.23. The number of alkyl carbamates (subject to hydrolysis) is 1. The van der Waals surface area contributed by atoms with Crippen LogP contribution in [-0.2, 0) is 4.74 Å². The number of pyridine rings is 1. The Hall–Kier alpha value is -1.58. The van der Waals surface area contributed by atoms with Crippen molar-refractivity contribution in [1.29, 1.82) is 0 Å². The summed E-state index contributed by atoms with van der Waals surface area (Å²) in [5, 5.41) is 2.68. The predicted molar refractivity (Wildman–Crippen MR) is 46.1 cm³/mol. The fraction of sp³-hybridized carbons (Fsp3) is 0.333. The van der Waals surface area contributed by atoms with Gasteiger partial charge in [-0.05, 0) is 13.0 Å². The van der Waals surface area contributed by atoms with E-state index in [-0.39, 0.29) is 18.2 Å². The summed E-state index contributed by atoms with van der Waals surface area (Å²) in [6.45, 7) is 1.91. The van der Waals surface area contributed by atoms with Crippen LogP contribution in [0.1, 0.15) is 18.6 Å². The first-order valence-corrected chi connectivity index (χ1v) is 4.14. The number of rotatable bonds is 1. The maximum atomic E-state index is 10.9. The van der Waals surface area contributed by atoms with Crippen molar-refractivity contribution in [2.24, 2.45) is 0 Å². The largest absolute Gasteiger partial charge is 0.439 e. The van der Waals surface area contributed by atoms with Crippen LogP contribution in [0, 0.1) is 0 Å². The van der Waals surface area contributed by atoms with Crippen molar-refractivity contribution < 1.29 is 9.53 Å². The molecule has 4 nitrogen and oxygen atoms in total. The predicted octanol–water partition coefficient (Wildman–Crippen LogP) is 1.25. The van der Waals surface area contributed by atoms with Gasteiger partial charge in [0.25, 0.3) is 0 Å². The average molecular weight is 178 g/mol. The van der Waals surface area contributed by atoms with Crippen molar-refractivity contribution >= 4 is 6.09 Å². The summed E-state index contributed by atoms with van der Waals surface area (Å²) in [6.07, 6.45) is 2.84. The van der Waals surface area contributed by atoms with Crippen molar-refractivity contribution in [3.05, 3.63) is 30.1 Å². The number of hydrogen-bond donors (Lipinski definition) is 1. The van der Waals surface area contributed by atoms with E-state index in [0.29, 0.717) is 0 Å². The molecule has 2 rings (SSSR count). The van der Waals surface area contributed by atoms with E-state index >= 15 is 0 Å². The Kier molecular flexibility index (Phi) is 1.88. The quantitative estimate of drug-likeness (QED) is 0.704. The number of ether oxygens (including phenoxy) is 1. The molecule has 1 saturated heterocycles. The van der Waals surface area contributed by atoms with E-state index in [1.165, 1.54) is 0 Å². The SMILES string of the molecule is C[C@@H]1NC(=O)O[C@@H]1c1cccnc1. The normalized spacial score (nSPS) is 26.7. The van der Waals surface area contributed by atoms with Crippen molar-refractivity contribution in [2.45, 2.75) is 19.1 Å². The van der Waals surface area contributed by atoms with Gasteiger partial charge in [0.05, 0.1) is 6.04 Å². The molecule has 0 bridgehead atoms. The van der Waals surface area contributed by atoms with Gasteiger partial charge in [0, 0.05) is 18.0 Å². The molecule has 68 valence electrons. The fourth-order valence-corrected chi connectivity index (χ4v) is 1.41. The van der Waals surface area contributed by atoms with E-state index < -0.39 is 0 Å². The summed E-state index contributed by atoms with van der Waals surface area (Å²) in [5.74, 6) is 0. The number of cyclic esters (lactones) is 1. The maximum Gasteiger partial charge on any atom is 0.408 e. The summed E-state index contributed by atoms with van der Waals surface area (Å²) < 4.78 is 5.07. The number of hydrogen-bond acceptors (Lipinski definition) is 3. The number of nitrogens with zero attached hydrogens (tertiary/aromatic N) is 1. The smallest absolute Gasteiger partial charge is 0.408 e. The van der Waals surface area contributed by atoms with Crippen LogP contribution in [0.25, 0.3) is 0 Å². The minimum atomic E-state index is -0.360. The zero-order chi connectivity index (χ0) is 9.26. The Labute approximate surface area is 75.9 Å². The van der Waals surface area contributed by atoms with Gasteiger partial charge in [0.15, 0.2) is 6.10 Å². The molecule has 2 atom stereocenters. The third-order valence-electron chi connectivity index (χ3n) is 2.05. The highest BCUT2D eigenvalue weighted by Gasteiger charge is 2.31. The molecule has 1 aliphatic rings. The third kappa shape index (κ3) is 1.47. The van der Waals surface area contributed by atoms with Crippen molar-refractivity contribution in [1.82, 2.24) is 10.3 Å². The molecular formula is C9H10N2O2. The fourth-order valence-electron chi connectivity index (χ4n) is 1.41. The molecule has 2 heterocycles. The number of aromatic nitrogens is 1. The maximum absolute atomic E-state index is 10.9. The first-order valence-electron chi connectivity index (χ1n) is 4.14. The first kappa shape index (κ1) is 8.04. The lowest BCUT2D eigenvalue weighted by atomic mass is 10.1. The lowest BCUT2D eigenvalue weighted by Crippen LogP contribution is -2.23. The average Bonchev–Trinajstić information content (AvgIpc) is 2.47. The van der Waals surface area contributed by atoms with Crippen molar-refractivity contribution in [3.63, 3.8) is 0 Å². The topological polar surface area (TPSA) is 51.2 Å². The Morgan fingerprint density at radius 2 is 2.46 bits per heavy atom. The Morgan fingerprint density at radius 3 is 3.00 bits per heavy atom. The van der Waals surface area contributed by atoms with Crippen molar-refractivity contribution in [2.75, 3.05) is 0 Å². The highest BCUT2D eigenvalue weighted by molar-refractivity contribution is 5.70. The van der Waals surface area contributed by atoms with E-state index in [0.717, 1.165) is 5.56 Å². The molecule has 1 aliphatic heterocycles. The van der Waals surface area contributed by atoms with Crippen LogP contribution in [0.5, 0.6) is 0 Å². The lowest BCUT2D eigenvalue weighted by molar-refractivity contribution is 0.133. The van der Waals surface area contributed by atoms with Crippen LogP contribution >= 0.6 is 0 Å². The van der Waals surface area contributed by atoms with Crippen LogP contribution in [0.2, 0.25) is 0 Å². The molecule has 1 N–H and O–H groups in total. The summed E-state index contributed by atoms with van der Waals surface area (Å²) >= 11 is 0. The van der Waals surface area contributed by atoms with Gasteiger partial charge in [-0.15, -0.1) is 0 Å². The van der Waals surface area contributed by atoms with Gasteiger partial charge in [-0.2, -0.15) is 0 Å². The molecule has 13 heavy (non-hydrogen) atoms. The molecule has 1 amide bonds. The number of nitrogens with one attached hydrogen (secondary N) is 1. The second kappa shape index (κ2) is 3.05. The first-order chi connectivity index (χ1) is 6.27. The summed E-state index contributed by atoms with van der Waals surface area (Å²) in [6, 6.07) is 3.74. The molecule has 1 fully saturated rings. The molecule has 0 aliphatic carbocycles. The molecule has 0 radical (unpaired) electrons. The molecule has 0 saturated carbocycles. The second-order valence-corrected chi connectivity index (χ2v) is 3.05. The van der Waals surface area contributed by atoms with Gasteiger partial charge < -0.3 is 10.1 Å². The highest BCUT2D eigenvalue weighted by Crippen LogP contribution is 2.24. The molecule has 1 aromatic rings. The highest BCUT2D eigenvalue weighted by atomic mass is 16.6. The number of carbonyl (C=O) groups excluding carboxylic acids is 1. The molecule has 0 unspecified atom stereocenters. The lowest BCUT2D eigenvalue weighted by Gasteiger charge is -2.11. The van der Waals surface area contributed by atoms with Gasteiger partial charge in [-0.1, -0.05) is 6.07 Å². The van der Waals surface area contributed by atoms with Crippen LogP contribution < -0.4 is 5.32 Å². The summed E-state index contributed by atoms with van der Waals surface area (Å²) in [5.41, 5.74) is 0.924. The van der Waals surface area contributed by atoms with E-state index in [1.54, 1.807) is 12.4 Å².